The van der Waals surface area contributed by atoms with E-state index in [4.69, 9.17) is 16.3 Å². The average molecular weight is 306 g/mol. The van der Waals surface area contributed by atoms with E-state index >= 15 is 0 Å². The predicted molar refractivity (Wildman–Crippen MR) is 84.2 cm³/mol. The second-order valence-electron chi connectivity index (χ2n) is 5.29. The molecule has 1 aromatic heterocycles. The van der Waals surface area contributed by atoms with Gasteiger partial charge in [0.05, 0.1) is 25.2 Å². The van der Waals surface area contributed by atoms with Crippen molar-refractivity contribution in [2.24, 2.45) is 0 Å². The average Bonchev–Trinajstić information content (AvgIpc) is 3.08. The van der Waals surface area contributed by atoms with Crippen molar-refractivity contribution in [1.29, 1.82) is 0 Å². The highest BCUT2D eigenvalue weighted by Crippen LogP contribution is 2.33. The van der Waals surface area contributed by atoms with Crippen molar-refractivity contribution in [3.63, 3.8) is 0 Å². The predicted octanol–water partition coefficient (Wildman–Crippen LogP) is 2.67. The highest BCUT2D eigenvalue weighted by atomic mass is 35.5. The van der Waals surface area contributed by atoms with Crippen LogP contribution >= 0.6 is 11.6 Å². The monoisotopic (exact) mass is 305 g/mol. The molecule has 0 amide bonds. The summed E-state index contributed by atoms with van der Waals surface area (Å²) in [6.07, 6.45) is 5.87. The standard InChI is InChI=1S/C16H20ClN3O/c1-2-18-5-3-15-10-20(11-19-15)9-13-8-14(17)7-12-4-6-21-16(12)13/h7-8,10-11,18H,2-6,9H2,1H3. The van der Waals surface area contributed by atoms with E-state index in [-0.39, 0.29) is 0 Å². The lowest BCUT2D eigenvalue weighted by atomic mass is 10.1. The molecule has 112 valence electrons. The number of nitrogens with zero attached hydrogens (tertiary/aromatic N) is 2. The van der Waals surface area contributed by atoms with Gasteiger partial charge in [-0.1, -0.05) is 18.5 Å². The minimum absolute atomic E-state index is 0.747. The molecule has 1 aliphatic rings. The highest BCUT2D eigenvalue weighted by molar-refractivity contribution is 6.30. The minimum atomic E-state index is 0.747. The first-order valence-corrected chi connectivity index (χ1v) is 7.79. The van der Waals surface area contributed by atoms with Gasteiger partial charge in [-0.3, -0.25) is 0 Å². The molecular formula is C16H20ClN3O. The van der Waals surface area contributed by atoms with Crippen molar-refractivity contribution in [1.82, 2.24) is 14.9 Å². The van der Waals surface area contributed by atoms with Gasteiger partial charge in [-0.15, -0.1) is 0 Å². The number of likely N-dealkylation sites (N-methyl/N-ethyl adjacent to an activating group) is 1. The maximum absolute atomic E-state index is 6.20. The van der Waals surface area contributed by atoms with Crippen LogP contribution in [0.2, 0.25) is 5.02 Å². The number of rotatable bonds is 6. The van der Waals surface area contributed by atoms with Gasteiger partial charge < -0.3 is 14.6 Å². The van der Waals surface area contributed by atoms with Gasteiger partial charge in [0.25, 0.3) is 0 Å². The summed E-state index contributed by atoms with van der Waals surface area (Å²) in [5, 5.41) is 4.09. The molecule has 4 nitrogen and oxygen atoms in total. The van der Waals surface area contributed by atoms with Gasteiger partial charge in [0.15, 0.2) is 0 Å². The first kappa shape index (κ1) is 14.4. The fraction of sp³-hybridized carbons (Fsp3) is 0.438. The summed E-state index contributed by atoms with van der Waals surface area (Å²) < 4.78 is 7.83. The molecule has 1 N–H and O–H groups in total. The Morgan fingerprint density at radius 3 is 3.19 bits per heavy atom. The summed E-state index contributed by atoms with van der Waals surface area (Å²) in [7, 11) is 0. The van der Waals surface area contributed by atoms with E-state index in [0.29, 0.717) is 0 Å². The molecule has 0 unspecified atom stereocenters. The Morgan fingerprint density at radius 2 is 2.33 bits per heavy atom. The zero-order valence-electron chi connectivity index (χ0n) is 12.2. The molecule has 0 aliphatic carbocycles. The van der Waals surface area contributed by atoms with Crippen molar-refractivity contribution >= 4 is 11.6 Å². The van der Waals surface area contributed by atoms with E-state index < -0.39 is 0 Å². The number of fused-ring (bicyclic) bond motifs is 1. The third kappa shape index (κ3) is 3.39. The number of halogens is 1. The van der Waals surface area contributed by atoms with Crippen LogP contribution in [0.1, 0.15) is 23.7 Å². The zero-order chi connectivity index (χ0) is 14.7. The van der Waals surface area contributed by atoms with Gasteiger partial charge in [-0.25, -0.2) is 4.98 Å². The van der Waals surface area contributed by atoms with Crippen LogP contribution in [0.3, 0.4) is 0 Å². The Morgan fingerprint density at radius 1 is 1.43 bits per heavy atom. The van der Waals surface area contributed by atoms with Crippen LogP contribution in [-0.4, -0.2) is 29.2 Å². The Hall–Kier alpha value is -1.52. The molecule has 1 aromatic carbocycles. The van der Waals surface area contributed by atoms with Crippen molar-refractivity contribution in [2.75, 3.05) is 19.7 Å². The number of nitrogens with one attached hydrogen (secondary N) is 1. The lowest BCUT2D eigenvalue weighted by Gasteiger charge is -2.09. The largest absolute Gasteiger partial charge is 0.493 e. The van der Waals surface area contributed by atoms with E-state index in [9.17, 15) is 0 Å². The van der Waals surface area contributed by atoms with Gasteiger partial charge in [-0.05, 0) is 24.2 Å². The van der Waals surface area contributed by atoms with Gasteiger partial charge in [0.1, 0.15) is 5.75 Å². The van der Waals surface area contributed by atoms with Gasteiger partial charge in [0, 0.05) is 36.2 Å². The van der Waals surface area contributed by atoms with Crippen LogP contribution < -0.4 is 10.1 Å². The fourth-order valence-corrected chi connectivity index (χ4v) is 2.94. The lowest BCUT2D eigenvalue weighted by molar-refractivity contribution is 0.352. The number of hydrogen-bond acceptors (Lipinski definition) is 3. The smallest absolute Gasteiger partial charge is 0.127 e. The Balaban J connectivity index is 1.72. The molecule has 5 heteroatoms. The van der Waals surface area contributed by atoms with Crippen LogP contribution in [-0.2, 0) is 19.4 Å². The molecule has 0 spiro atoms. The third-order valence-corrected chi connectivity index (χ3v) is 3.89. The molecule has 0 bridgehead atoms. The molecule has 0 fully saturated rings. The summed E-state index contributed by atoms with van der Waals surface area (Å²) in [4.78, 5) is 4.45. The maximum atomic E-state index is 6.20. The van der Waals surface area contributed by atoms with Crippen LogP contribution in [0.5, 0.6) is 5.75 Å². The molecule has 0 saturated heterocycles. The topological polar surface area (TPSA) is 39.1 Å². The Bertz CT molecular complexity index is 624. The quantitative estimate of drug-likeness (QED) is 0.834. The highest BCUT2D eigenvalue weighted by Gasteiger charge is 2.17. The summed E-state index contributed by atoms with van der Waals surface area (Å²) in [6, 6.07) is 3.99. The SMILES string of the molecule is CCNCCc1cn(Cc2cc(Cl)cc3c2OCC3)cn1. The molecule has 2 aromatic rings. The zero-order valence-corrected chi connectivity index (χ0v) is 13.0. The van der Waals surface area contributed by atoms with E-state index in [1.165, 1.54) is 5.56 Å². The minimum Gasteiger partial charge on any atom is -0.493 e. The first-order chi connectivity index (χ1) is 10.3. The van der Waals surface area contributed by atoms with E-state index in [0.717, 1.165) is 61.1 Å². The van der Waals surface area contributed by atoms with Crippen molar-refractivity contribution < 1.29 is 4.74 Å². The molecular weight excluding hydrogens is 286 g/mol. The molecule has 0 atom stereocenters. The summed E-state index contributed by atoms with van der Waals surface area (Å²) >= 11 is 6.20. The molecule has 1 aliphatic heterocycles. The van der Waals surface area contributed by atoms with Crippen molar-refractivity contribution in [3.8, 4) is 5.75 Å². The Kier molecular flexibility index (Phi) is 4.46. The lowest BCUT2D eigenvalue weighted by Crippen LogP contribution is -2.16. The molecule has 21 heavy (non-hydrogen) atoms. The summed E-state index contributed by atoms with van der Waals surface area (Å²) in [6.45, 7) is 5.56. The van der Waals surface area contributed by atoms with Crippen LogP contribution in [0.25, 0.3) is 0 Å². The summed E-state index contributed by atoms with van der Waals surface area (Å²) in [5.74, 6) is 1.00. The van der Waals surface area contributed by atoms with Crippen LogP contribution in [0, 0.1) is 0 Å². The van der Waals surface area contributed by atoms with Crippen molar-refractivity contribution in [3.05, 3.63) is 46.5 Å². The van der Waals surface area contributed by atoms with E-state index in [1.807, 2.05) is 18.5 Å². The molecule has 2 heterocycles. The normalized spacial score (nSPS) is 13.2. The van der Waals surface area contributed by atoms with Crippen molar-refractivity contribution in [2.45, 2.75) is 26.3 Å². The third-order valence-electron chi connectivity index (χ3n) is 3.67. The second-order valence-corrected chi connectivity index (χ2v) is 5.73. The molecule has 3 rings (SSSR count). The number of ether oxygens (including phenoxy) is 1. The number of benzene rings is 1. The maximum Gasteiger partial charge on any atom is 0.127 e. The van der Waals surface area contributed by atoms with Gasteiger partial charge in [-0.2, -0.15) is 0 Å². The van der Waals surface area contributed by atoms with Gasteiger partial charge in [0.2, 0.25) is 0 Å². The second kappa shape index (κ2) is 6.50. The number of hydrogen-bond donors (Lipinski definition) is 1. The molecule has 0 radical (unpaired) electrons. The van der Waals surface area contributed by atoms with E-state index in [2.05, 4.69) is 28.0 Å². The van der Waals surface area contributed by atoms with Gasteiger partial charge >= 0.3 is 0 Å². The van der Waals surface area contributed by atoms with E-state index in [1.54, 1.807) is 0 Å². The van der Waals surface area contributed by atoms with Crippen LogP contribution in [0.4, 0.5) is 0 Å². The summed E-state index contributed by atoms with van der Waals surface area (Å²) in [5.41, 5.74) is 3.45. The molecule has 0 saturated carbocycles. The number of imidazole rings is 1. The first-order valence-electron chi connectivity index (χ1n) is 7.41. The Labute approximate surface area is 130 Å². The van der Waals surface area contributed by atoms with Crippen LogP contribution in [0.15, 0.2) is 24.7 Å². The fourth-order valence-electron chi connectivity index (χ4n) is 2.68. The number of aromatic nitrogens is 2.